The first-order valence-electron chi connectivity index (χ1n) is 3.60. The molecule has 60 valence electrons. The molecule has 0 amide bonds. The van der Waals surface area contributed by atoms with E-state index in [0.717, 1.165) is 11.1 Å². The second kappa shape index (κ2) is 3.51. The van der Waals surface area contributed by atoms with Gasteiger partial charge in [-0.2, -0.15) is 0 Å². The molecule has 0 aliphatic rings. The fourth-order valence-electron chi connectivity index (χ4n) is 1.06. The van der Waals surface area contributed by atoms with Crippen molar-refractivity contribution in [1.82, 2.24) is 0 Å². The van der Waals surface area contributed by atoms with Crippen LogP contribution >= 0.6 is 0 Å². The van der Waals surface area contributed by atoms with E-state index in [1.807, 2.05) is 31.2 Å². The van der Waals surface area contributed by atoms with Crippen molar-refractivity contribution in [1.29, 1.82) is 0 Å². The van der Waals surface area contributed by atoms with Gasteiger partial charge in [-0.05, 0) is 18.1 Å². The Morgan fingerprint density at radius 3 is 2.55 bits per heavy atom. The Balaban J connectivity index is 2.93. The number of rotatable bonds is 2. The molecule has 0 aliphatic heterocycles. The lowest BCUT2D eigenvalue weighted by atomic mass is 10.0. The van der Waals surface area contributed by atoms with Crippen molar-refractivity contribution in [3.63, 3.8) is 0 Å². The van der Waals surface area contributed by atoms with Crippen LogP contribution in [0.25, 0.3) is 0 Å². The second-order valence-corrected chi connectivity index (χ2v) is 2.55. The van der Waals surface area contributed by atoms with Gasteiger partial charge in [0.15, 0.2) is 0 Å². The van der Waals surface area contributed by atoms with Crippen LogP contribution < -0.4 is 0 Å². The monoisotopic (exact) mass is 152 g/mol. The molecule has 1 aromatic rings. The molecule has 1 rings (SSSR count). The second-order valence-electron chi connectivity index (χ2n) is 2.55. The first-order valence-corrected chi connectivity index (χ1v) is 3.60. The average Bonchev–Trinajstić information content (AvgIpc) is 2.04. The maximum absolute atomic E-state index is 9.26. The van der Waals surface area contributed by atoms with Crippen LogP contribution in [0.1, 0.15) is 17.2 Å². The molecule has 0 bridgehead atoms. The Kier molecular flexibility index (Phi) is 2.63. The molecule has 0 radical (unpaired) electrons. The lowest BCUT2D eigenvalue weighted by Crippen LogP contribution is -2.03. The van der Waals surface area contributed by atoms with Gasteiger partial charge in [0.25, 0.3) is 0 Å². The number of aliphatic hydroxyl groups excluding tert-OH is 2. The quantitative estimate of drug-likeness (QED) is 0.664. The Hall–Kier alpha value is -0.860. The van der Waals surface area contributed by atoms with E-state index in [0.29, 0.717) is 0 Å². The minimum absolute atomic E-state index is 0.217. The standard InChI is InChI=1S/C9H12O2/c1-7-4-2-3-5-8(7)9(11)6-10/h2-5,9-11H,6H2,1H3. The molecule has 1 aromatic carbocycles. The Morgan fingerprint density at radius 1 is 1.36 bits per heavy atom. The highest BCUT2D eigenvalue weighted by molar-refractivity contribution is 5.27. The zero-order valence-corrected chi connectivity index (χ0v) is 6.49. The van der Waals surface area contributed by atoms with Crippen molar-refractivity contribution < 1.29 is 10.2 Å². The topological polar surface area (TPSA) is 40.5 Å². The van der Waals surface area contributed by atoms with Gasteiger partial charge in [0.1, 0.15) is 6.10 Å². The fourth-order valence-corrected chi connectivity index (χ4v) is 1.06. The largest absolute Gasteiger partial charge is 0.393 e. The van der Waals surface area contributed by atoms with Gasteiger partial charge in [-0.1, -0.05) is 24.3 Å². The van der Waals surface area contributed by atoms with Crippen LogP contribution in [0, 0.1) is 6.92 Å². The van der Waals surface area contributed by atoms with Gasteiger partial charge < -0.3 is 10.2 Å². The molecule has 0 fully saturated rings. The number of aliphatic hydroxyl groups is 2. The molecule has 1 atom stereocenters. The maximum Gasteiger partial charge on any atom is 0.102 e. The summed E-state index contributed by atoms with van der Waals surface area (Å²) in [7, 11) is 0. The molecule has 0 aromatic heterocycles. The lowest BCUT2D eigenvalue weighted by molar-refractivity contribution is 0.0951. The van der Waals surface area contributed by atoms with Crippen LogP contribution in [-0.2, 0) is 0 Å². The van der Waals surface area contributed by atoms with Crippen molar-refractivity contribution in [2.24, 2.45) is 0 Å². The van der Waals surface area contributed by atoms with E-state index in [1.165, 1.54) is 0 Å². The van der Waals surface area contributed by atoms with Crippen molar-refractivity contribution in [3.05, 3.63) is 35.4 Å². The molecule has 2 heteroatoms. The normalized spacial score (nSPS) is 13.0. The van der Waals surface area contributed by atoms with Crippen LogP contribution in [-0.4, -0.2) is 16.8 Å². The van der Waals surface area contributed by atoms with Crippen LogP contribution in [0.5, 0.6) is 0 Å². The molecular formula is C9H12O2. The molecule has 0 heterocycles. The summed E-state index contributed by atoms with van der Waals surface area (Å²) in [6.45, 7) is 1.69. The van der Waals surface area contributed by atoms with Gasteiger partial charge in [-0.3, -0.25) is 0 Å². The third-order valence-corrected chi connectivity index (χ3v) is 1.72. The SMILES string of the molecule is Cc1ccccc1C(O)CO. The van der Waals surface area contributed by atoms with Crippen molar-refractivity contribution in [3.8, 4) is 0 Å². The van der Waals surface area contributed by atoms with E-state index in [1.54, 1.807) is 0 Å². The highest BCUT2D eigenvalue weighted by atomic mass is 16.3. The molecular weight excluding hydrogens is 140 g/mol. The highest BCUT2D eigenvalue weighted by Crippen LogP contribution is 2.15. The lowest BCUT2D eigenvalue weighted by Gasteiger charge is -2.09. The smallest absolute Gasteiger partial charge is 0.102 e. The van der Waals surface area contributed by atoms with Crippen LogP contribution in [0.2, 0.25) is 0 Å². The van der Waals surface area contributed by atoms with Gasteiger partial charge in [0.2, 0.25) is 0 Å². The molecule has 2 nitrogen and oxygen atoms in total. The summed E-state index contributed by atoms with van der Waals surface area (Å²) >= 11 is 0. The Morgan fingerprint density at radius 2 is 2.00 bits per heavy atom. The van der Waals surface area contributed by atoms with E-state index in [2.05, 4.69) is 0 Å². The van der Waals surface area contributed by atoms with Gasteiger partial charge in [-0.15, -0.1) is 0 Å². The predicted octanol–water partition coefficient (Wildman–Crippen LogP) is 1.02. The van der Waals surface area contributed by atoms with E-state index in [9.17, 15) is 5.11 Å². The van der Waals surface area contributed by atoms with Gasteiger partial charge >= 0.3 is 0 Å². The minimum atomic E-state index is -0.740. The number of hydrogen-bond acceptors (Lipinski definition) is 2. The summed E-state index contributed by atoms with van der Waals surface area (Å²) in [5.41, 5.74) is 1.81. The molecule has 0 saturated carbocycles. The highest BCUT2D eigenvalue weighted by Gasteiger charge is 2.06. The zero-order valence-electron chi connectivity index (χ0n) is 6.49. The van der Waals surface area contributed by atoms with Crippen molar-refractivity contribution >= 4 is 0 Å². The summed E-state index contributed by atoms with van der Waals surface area (Å²) in [6, 6.07) is 7.48. The maximum atomic E-state index is 9.26. The summed E-state index contributed by atoms with van der Waals surface area (Å²) in [6.07, 6.45) is -0.740. The van der Waals surface area contributed by atoms with E-state index < -0.39 is 6.10 Å². The molecule has 0 aliphatic carbocycles. The van der Waals surface area contributed by atoms with Gasteiger partial charge in [0.05, 0.1) is 6.61 Å². The average molecular weight is 152 g/mol. The van der Waals surface area contributed by atoms with Gasteiger partial charge in [-0.25, -0.2) is 0 Å². The zero-order chi connectivity index (χ0) is 8.27. The Bertz CT molecular complexity index is 233. The fraction of sp³-hybridized carbons (Fsp3) is 0.333. The van der Waals surface area contributed by atoms with E-state index in [4.69, 9.17) is 5.11 Å². The molecule has 1 unspecified atom stereocenters. The van der Waals surface area contributed by atoms with Crippen molar-refractivity contribution in [2.75, 3.05) is 6.61 Å². The minimum Gasteiger partial charge on any atom is -0.393 e. The summed E-state index contributed by atoms with van der Waals surface area (Å²) < 4.78 is 0. The van der Waals surface area contributed by atoms with Crippen molar-refractivity contribution in [2.45, 2.75) is 13.0 Å². The Labute approximate surface area is 66.1 Å². The predicted molar refractivity (Wildman–Crippen MR) is 43.2 cm³/mol. The summed E-state index contributed by atoms with van der Waals surface area (Å²) in [5.74, 6) is 0. The molecule has 0 spiro atoms. The van der Waals surface area contributed by atoms with E-state index in [-0.39, 0.29) is 6.61 Å². The van der Waals surface area contributed by atoms with E-state index >= 15 is 0 Å². The number of hydrogen-bond donors (Lipinski definition) is 2. The third-order valence-electron chi connectivity index (χ3n) is 1.72. The number of aryl methyl sites for hydroxylation is 1. The van der Waals surface area contributed by atoms with Crippen LogP contribution in [0.4, 0.5) is 0 Å². The molecule has 2 N–H and O–H groups in total. The first-order chi connectivity index (χ1) is 5.25. The van der Waals surface area contributed by atoms with Crippen LogP contribution in [0.3, 0.4) is 0 Å². The third kappa shape index (κ3) is 1.79. The first kappa shape index (κ1) is 8.24. The molecule has 0 saturated heterocycles. The van der Waals surface area contributed by atoms with Gasteiger partial charge in [0, 0.05) is 0 Å². The number of benzene rings is 1. The summed E-state index contributed by atoms with van der Waals surface area (Å²) in [5, 5.41) is 17.9. The van der Waals surface area contributed by atoms with Crippen LogP contribution in [0.15, 0.2) is 24.3 Å². The molecule has 11 heavy (non-hydrogen) atoms. The summed E-state index contributed by atoms with van der Waals surface area (Å²) in [4.78, 5) is 0.